The third-order valence-corrected chi connectivity index (χ3v) is 8.84. The van der Waals surface area contributed by atoms with Gasteiger partial charge in [0.15, 0.2) is 6.61 Å². The highest BCUT2D eigenvalue weighted by molar-refractivity contribution is 5.89. The summed E-state index contributed by atoms with van der Waals surface area (Å²) in [5, 5.41) is 14.8. The minimum absolute atomic E-state index is 0.0683. The van der Waals surface area contributed by atoms with Gasteiger partial charge in [-0.1, -0.05) is 43.2 Å². The molecule has 2 heterocycles. The quantitative estimate of drug-likeness (QED) is 0.434. The summed E-state index contributed by atoms with van der Waals surface area (Å²) in [7, 11) is 0. The van der Waals surface area contributed by atoms with E-state index in [4.69, 9.17) is 9.15 Å². The van der Waals surface area contributed by atoms with Crippen molar-refractivity contribution in [1.29, 1.82) is 0 Å². The fraction of sp³-hybridized carbons (Fsp3) is 0.469. The lowest BCUT2D eigenvalue weighted by molar-refractivity contribution is -0.147. The molecule has 1 aliphatic heterocycles. The van der Waals surface area contributed by atoms with Gasteiger partial charge in [0.1, 0.15) is 17.4 Å². The number of likely N-dealkylation sites (tertiary alicyclic amines) is 1. The van der Waals surface area contributed by atoms with E-state index in [9.17, 15) is 19.5 Å². The van der Waals surface area contributed by atoms with Crippen LogP contribution in [0, 0.1) is 26.7 Å². The lowest BCUT2D eigenvalue weighted by Crippen LogP contribution is -2.58. The molecule has 0 spiro atoms. The Kier molecular flexibility index (Phi) is 7.99. The molecule has 2 fully saturated rings. The largest absolute Gasteiger partial charge is 0.483 e. The highest BCUT2D eigenvalue weighted by Crippen LogP contribution is 2.40. The Bertz CT molecular complexity index is 1470. The highest BCUT2D eigenvalue weighted by Gasteiger charge is 2.44. The summed E-state index contributed by atoms with van der Waals surface area (Å²) >= 11 is 0. The van der Waals surface area contributed by atoms with Gasteiger partial charge in [0, 0.05) is 41.9 Å². The summed E-state index contributed by atoms with van der Waals surface area (Å²) in [5.74, 6) is -0.0489. The van der Waals surface area contributed by atoms with Gasteiger partial charge in [-0.3, -0.25) is 9.59 Å². The van der Waals surface area contributed by atoms with Crippen molar-refractivity contribution in [2.45, 2.75) is 70.9 Å². The lowest BCUT2D eigenvalue weighted by Gasteiger charge is -2.48. The van der Waals surface area contributed by atoms with Gasteiger partial charge in [-0.2, -0.15) is 0 Å². The number of fused-ring (bicyclic) bond motifs is 2. The molecular weight excluding hydrogens is 508 g/mol. The van der Waals surface area contributed by atoms with Crippen molar-refractivity contribution in [1.82, 2.24) is 10.2 Å². The molecule has 40 heavy (non-hydrogen) atoms. The van der Waals surface area contributed by atoms with E-state index in [2.05, 4.69) is 5.32 Å². The van der Waals surface area contributed by atoms with Gasteiger partial charge in [0.2, 0.25) is 5.91 Å². The molecule has 0 bridgehead atoms. The Hall–Kier alpha value is -3.65. The van der Waals surface area contributed by atoms with Crippen molar-refractivity contribution in [3.8, 4) is 5.75 Å². The first-order chi connectivity index (χ1) is 19.2. The molecule has 1 saturated heterocycles. The fourth-order valence-electron chi connectivity index (χ4n) is 6.20. The number of hydrogen-bond donors (Lipinski definition) is 2. The number of nitrogens with zero attached hydrogens (tertiary/aromatic N) is 1. The molecule has 2 aliphatic rings. The number of carbonyl (C=O) groups is 2. The maximum absolute atomic E-state index is 13.7. The number of ether oxygens (including phenoxy) is 1. The molecule has 8 heteroatoms. The molecule has 2 aromatic carbocycles. The van der Waals surface area contributed by atoms with Gasteiger partial charge in [-0.05, 0) is 63.3 Å². The van der Waals surface area contributed by atoms with Crippen molar-refractivity contribution in [3.63, 3.8) is 0 Å². The van der Waals surface area contributed by atoms with Crippen LogP contribution >= 0.6 is 0 Å². The minimum atomic E-state index is -0.755. The lowest BCUT2D eigenvalue weighted by atomic mass is 9.71. The average Bonchev–Trinajstić information content (AvgIpc) is 2.95. The van der Waals surface area contributed by atoms with Crippen LogP contribution in [0.4, 0.5) is 0 Å². The van der Waals surface area contributed by atoms with E-state index < -0.39 is 23.2 Å². The van der Waals surface area contributed by atoms with E-state index in [0.717, 1.165) is 42.2 Å². The van der Waals surface area contributed by atoms with Gasteiger partial charge in [0.05, 0.1) is 5.60 Å². The fourth-order valence-corrected chi connectivity index (χ4v) is 6.20. The summed E-state index contributed by atoms with van der Waals surface area (Å²) < 4.78 is 11.4. The second-order valence-electron chi connectivity index (χ2n) is 11.4. The monoisotopic (exact) mass is 546 g/mol. The summed E-state index contributed by atoms with van der Waals surface area (Å²) in [6.07, 6.45) is 4.71. The van der Waals surface area contributed by atoms with Crippen LogP contribution in [-0.2, 0) is 16.0 Å². The number of rotatable bonds is 7. The van der Waals surface area contributed by atoms with Crippen LogP contribution in [0.5, 0.6) is 5.75 Å². The van der Waals surface area contributed by atoms with Crippen LogP contribution < -0.4 is 15.7 Å². The maximum atomic E-state index is 13.7. The average molecular weight is 547 g/mol. The maximum Gasteiger partial charge on any atom is 0.339 e. The molecule has 1 saturated carbocycles. The Morgan fingerprint density at radius 1 is 1.07 bits per heavy atom. The number of hydrogen-bond acceptors (Lipinski definition) is 6. The first kappa shape index (κ1) is 27.9. The number of nitrogens with one attached hydrogen (secondary N) is 1. The van der Waals surface area contributed by atoms with E-state index in [0.29, 0.717) is 48.4 Å². The summed E-state index contributed by atoms with van der Waals surface area (Å²) in [4.78, 5) is 40.8. The highest BCUT2D eigenvalue weighted by atomic mass is 16.5. The second-order valence-corrected chi connectivity index (χ2v) is 11.4. The van der Waals surface area contributed by atoms with Crippen molar-refractivity contribution in [3.05, 3.63) is 75.1 Å². The predicted octanol–water partition coefficient (Wildman–Crippen LogP) is 3.98. The molecule has 1 aromatic heterocycles. The van der Waals surface area contributed by atoms with Crippen LogP contribution in [0.3, 0.4) is 0 Å². The number of piperidine rings is 1. The van der Waals surface area contributed by atoms with Gasteiger partial charge < -0.3 is 24.5 Å². The molecule has 0 unspecified atom stereocenters. The van der Waals surface area contributed by atoms with Crippen molar-refractivity contribution < 1.29 is 23.8 Å². The van der Waals surface area contributed by atoms with Gasteiger partial charge in [0.25, 0.3) is 5.91 Å². The molecule has 3 atom stereocenters. The molecule has 0 radical (unpaired) electrons. The third-order valence-electron chi connectivity index (χ3n) is 8.84. The number of aryl methyl sites for hydroxylation is 2. The molecule has 2 amide bonds. The number of carbonyl (C=O) groups excluding carboxylic acids is 2. The van der Waals surface area contributed by atoms with E-state index in [1.807, 2.05) is 43.3 Å². The Morgan fingerprint density at radius 3 is 2.62 bits per heavy atom. The van der Waals surface area contributed by atoms with E-state index in [1.165, 1.54) is 0 Å². The Morgan fingerprint density at radius 2 is 1.85 bits per heavy atom. The SMILES string of the molecule is Cc1c(C)c2ccc(OCC(=O)N[C@@H](Cc3ccccc3)C(=O)N3CC[C@@]4(O)CCCC[C@@H]4C3)c(C)c2oc1=O. The van der Waals surface area contributed by atoms with Crippen LogP contribution in [0.1, 0.15) is 54.4 Å². The molecule has 212 valence electrons. The Labute approximate surface area is 234 Å². The zero-order valence-corrected chi connectivity index (χ0v) is 23.5. The zero-order valence-electron chi connectivity index (χ0n) is 23.5. The van der Waals surface area contributed by atoms with E-state index in [-0.39, 0.29) is 18.4 Å². The zero-order chi connectivity index (χ0) is 28.4. The molecule has 3 aromatic rings. The second kappa shape index (κ2) is 11.5. The molecule has 2 N–H and O–H groups in total. The molecule has 5 rings (SSSR count). The van der Waals surface area contributed by atoms with Crippen LogP contribution in [0.15, 0.2) is 51.7 Å². The van der Waals surface area contributed by atoms with Crippen molar-refractivity contribution in [2.75, 3.05) is 19.7 Å². The van der Waals surface area contributed by atoms with Gasteiger partial charge >= 0.3 is 5.63 Å². The molecular formula is C32H38N2O6. The minimum Gasteiger partial charge on any atom is -0.483 e. The number of aliphatic hydroxyl groups is 1. The summed E-state index contributed by atoms with van der Waals surface area (Å²) in [6.45, 7) is 6.09. The van der Waals surface area contributed by atoms with E-state index >= 15 is 0 Å². The topological polar surface area (TPSA) is 109 Å². The van der Waals surface area contributed by atoms with Crippen molar-refractivity contribution >= 4 is 22.8 Å². The summed E-state index contributed by atoms with van der Waals surface area (Å²) in [6, 6.07) is 12.5. The van der Waals surface area contributed by atoms with Gasteiger partial charge in [-0.25, -0.2) is 4.79 Å². The van der Waals surface area contributed by atoms with E-state index in [1.54, 1.807) is 24.8 Å². The Balaban J connectivity index is 1.29. The molecule has 1 aliphatic carbocycles. The van der Waals surface area contributed by atoms with Crippen LogP contribution in [-0.4, -0.2) is 53.2 Å². The first-order valence-corrected chi connectivity index (χ1v) is 14.2. The van der Waals surface area contributed by atoms with Crippen LogP contribution in [0.25, 0.3) is 11.0 Å². The first-order valence-electron chi connectivity index (χ1n) is 14.2. The predicted molar refractivity (Wildman–Crippen MR) is 152 cm³/mol. The third kappa shape index (κ3) is 5.63. The van der Waals surface area contributed by atoms with Crippen LogP contribution in [0.2, 0.25) is 0 Å². The standard InChI is InChI=1S/C32H38N2O6/c1-20-21(2)31(37)40-29-22(3)27(13-12-25(20)29)39-19-28(35)33-26(17-23-9-5-4-6-10-23)30(36)34-16-15-32(38)14-8-7-11-24(32)18-34/h4-6,9-10,12-13,24,26,38H,7-8,11,14-19H2,1-3H3,(H,33,35)/t24-,26+,32+/m1/s1. The summed E-state index contributed by atoms with van der Waals surface area (Å²) in [5.41, 5.74) is 2.36. The molecule has 8 nitrogen and oxygen atoms in total. The normalized spacial score (nSPS) is 21.5. The smallest absolute Gasteiger partial charge is 0.339 e. The number of amides is 2. The number of benzene rings is 2. The van der Waals surface area contributed by atoms with Crippen molar-refractivity contribution in [2.24, 2.45) is 5.92 Å². The van der Waals surface area contributed by atoms with Gasteiger partial charge in [-0.15, -0.1) is 0 Å².